The van der Waals surface area contributed by atoms with Crippen LogP contribution in [0.25, 0.3) is 21.2 Å². The van der Waals surface area contributed by atoms with Crippen molar-refractivity contribution >= 4 is 78.0 Å². The Balaban J connectivity index is 1.27. The maximum Gasteiger partial charge on any atom is 0.254 e. The Morgan fingerprint density at radius 2 is 1.13 bits per heavy atom. The molecule has 6 aromatic carbocycles. The number of hydrogen-bond donors (Lipinski definition) is 0. The van der Waals surface area contributed by atoms with Crippen LogP contribution in [-0.2, 0) is 32.5 Å². The molecule has 1 saturated carbocycles. The second-order valence-electron chi connectivity index (χ2n) is 25.6. The summed E-state index contributed by atoms with van der Waals surface area (Å²) >= 11 is 1.91. The number of aryl methyl sites for hydroxylation is 2. The molecule has 346 valence electrons. The zero-order valence-corrected chi connectivity index (χ0v) is 43.9. The summed E-state index contributed by atoms with van der Waals surface area (Å²) in [7, 11) is 0. The minimum absolute atomic E-state index is 0.0249. The maximum atomic E-state index is 9.50. The molecule has 3 heterocycles. The van der Waals surface area contributed by atoms with Crippen LogP contribution in [0.1, 0.15) is 173 Å². The van der Waals surface area contributed by atoms with Crippen LogP contribution in [0.4, 0.5) is 33.4 Å². The third-order valence-corrected chi connectivity index (χ3v) is 19.1. The first kappa shape index (κ1) is 38.8. The predicted octanol–water partition coefficient (Wildman–Crippen LogP) is 16.3. The van der Waals surface area contributed by atoms with Crippen molar-refractivity contribution in [2.24, 2.45) is 0 Å². The second kappa shape index (κ2) is 14.3. The van der Waals surface area contributed by atoms with E-state index in [0.717, 1.165) is 52.4 Å². The molecule has 2 aliphatic heterocycles. The first-order valence-electron chi connectivity index (χ1n) is 27.9. The van der Waals surface area contributed by atoms with Crippen LogP contribution in [0.15, 0.2) is 103 Å². The van der Waals surface area contributed by atoms with Gasteiger partial charge in [-0.25, -0.2) is 0 Å². The van der Waals surface area contributed by atoms with Crippen molar-refractivity contribution in [1.29, 1.82) is 0 Å². The van der Waals surface area contributed by atoms with Crippen molar-refractivity contribution in [1.82, 2.24) is 0 Å². The van der Waals surface area contributed by atoms with Crippen molar-refractivity contribution in [2.75, 3.05) is 9.80 Å². The number of fused-ring (bicyclic) bond motifs is 9. The fourth-order valence-electron chi connectivity index (χ4n) is 13.4. The molecule has 0 spiro atoms. The average Bonchev–Trinajstić information content (AvgIpc) is 3.69. The summed E-state index contributed by atoms with van der Waals surface area (Å²) in [5, 5.41) is 2.52. The van der Waals surface area contributed by atoms with E-state index >= 15 is 0 Å². The third kappa shape index (κ3) is 6.33. The summed E-state index contributed by atoms with van der Waals surface area (Å²) < 4.78 is 46.9. The fraction of sp³-hybridized carbons (Fsp3) is 0.406. The van der Waals surface area contributed by atoms with Gasteiger partial charge < -0.3 is 9.80 Å². The van der Waals surface area contributed by atoms with Crippen LogP contribution in [0.2, 0.25) is 0 Å². The Morgan fingerprint density at radius 3 is 1.75 bits per heavy atom. The van der Waals surface area contributed by atoms with Gasteiger partial charge in [-0.2, -0.15) is 0 Å². The first-order valence-corrected chi connectivity index (χ1v) is 26.2. The molecule has 2 nitrogen and oxygen atoms in total. The van der Waals surface area contributed by atoms with Gasteiger partial charge in [0.15, 0.2) is 0 Å². The molecule has 0 atom stereocenters. The Morgan fingerprint density at radius 1 is 0.544 bits per heavy atom. The van der Waals surface area contributed by atoms with Gasteiger partial charge >= 0.3 is 0 Å². The number of nitrogens with zero attached hydrogens (tertiary/aromatic N) is 2. The number of hydrogen-bond acceptors (Lipinski definition) is 3. The molecular weight excluding hydrogens is 840 g/mol. The van der Waals surface area contributed by atoms with E-state index in [0.29, 0.717) is 5.56 Å². The summed E-state index contributed by atoms with van der Waals surface area (Å²) in [5.74, 6) is 0. The summed E-state index contributed by atoms with van der Waals surface area (Å²) in [4.78, 5) is 5.01. The topological polar surface area (TPSA) is 6.48 Å². The molecule has 0 radical (unpaired) electrons. The van der Waals surface area contributed by atoms with Gasteiger partial charge in [0.1, 0.15) is 0 Å². The van der Waals surface area contributed by atoms with E-state index in [1.807, 2.05) is 11.3 Å². The standard InChI is InChI=1S/C64H71BN2S/c1-38-30-43(60(6,7)8)31-39(2)57(38)67-51-23-20-42(59(3,4)5)34-50(51)65-55-45-36-48-49(64(14)28-26-63(48,13)27-29-64)37-54(45)68-58(55)66(44-21-22-46-47(35-44)62(11,12)25-24-61(46,9)10)52-32-41(33-53(67)56(52)65)40-18-16-15-17-19-40/h15-23,30-37H,24-29H2,1-14H3/i15D,16D,17D,18D,19D. The highest BCUT2D eigenvalue weighted by Crippen LogP contribution is 2.59. The highest BCUT2D eigenvalue weighted by Gasteiger charge is 2.51. The molecule has 0 saturated heterocycles. The highest BCUT2D eigenvalue weighted by atomic mass is 32.1. The molecule has 13 rings (SSSR count). The van der Waals surface area contributed by atoms with Crippen LogP contribution < -0.4 is 26.2 Å². The lowest BCUT2D eigenvalue weighted by Crippen LogP contribution is -2.61. The van der Waals surface area contributed by atoms with E-state index in [2.05, 4.69) is 180 Å². The monoisotopic (exact) mass is 916 g/mol. The molecule has 4 aliphatic carbocycles. The van der Waals surface area contributed by atoms with E-state index in [4.69, 9.17) is 4.11 Å². The maximum absolute atomic E-state index is 9.50. The quantitative estimate of drug-likeness (QED) is 0.163. The van der Waals surface area contributed by atoms with Crippen molar-refractivity contribution in [2.45, 2.75) is 168 Å². The summed E-state index contributed by atoms with van der Waals surface area (Å²) in [6.07, 6.45) is 7.05. The fourth-order valence-corrected chi connectivity index (χ4v) is 14.7. The SMILES string of the molecule is [2H]c1c([2H])c([2H])c(-c2cc3c4c(c2)N(c2c(C)cc(C(C)(C)C)cc2C)c2ccc(C(C)(C)C)cc2B4c2c(sc4cc5c(cc24)C2(C)CCC5(C)CC2)N3c2ccc3c(c2)C(C)(C)CCC3(C)C)c([2H])c1[2H]. The first-order chi connectivity index (χ1) is 34.0. The van der Waals surface area contributed by atoms with Crippen LogP contribution in [0, 0.1) is 13.8 Å². The third-order valence-electron chi connectivity index (χ3n) is 17.9. The number of anilines is 6. The molecular formula is C64H71BN2S. The largest absolute Gasteiger partial charge is 0.311 e. The molecule has 0 unspecified atom stereocenters. The lowest BCUT2D eigenvalue weighted by Gasteiger charge is -2.52. The molecule has 7 aromatic rings. The minimum Gasteiger partial charge on any atom is -0.311 e. The Kier molecular flexibility index (Phi) is 8.14. The number of benzene rings is 6. The van der Waals surface area contributed by atoms with Gasteiger partial charge in [0.25, 0.3) is 6.71 Å². The van der Waals surface area contributed by atoms with Crippen LogP contribution in [0.3, 0.4) is 0 Å². The molecule has 6 aliphatic rings. The Labute approximate surface area is 419 Å². The van der Waals surface area contributed by atoms with E-state index in [9.17, 15) is 2.74 Å². The normalized spacial score (nSPS) is 22.9. The molecule has 2 bridgehead atoms. The molecule has 68 heavy (non-hydrogen) atoms. The van der Waals surface area contributed by atoms with Crippen LogP contribution >= 0.6 is 11.3 Å². The van der Waals surface area contributed by atoms with Gasteiger partial charge in [0.2, 0.25) is 0 Å². The minimum atomic E-state index is -0.386. The van der Waals surface area contributed by atoms with Crippen molar-refractivity contribution < 1.29 is 6.85 Å². The van der Waals surface area contributed by atoms with Gasteiger partial charge in [-0.1, -0.05) is 144 Å². The lowest BCUT2D eigenvalue weighted by atomic mass is 9.33. The average molecular weight is 916 g/mol. The molecule has 1 fully saturated rings. The predicted molar refractivity (Wildman–Crippen MR) is 297 cm³/mol. The zero-order valence-electron chi connectivity index (χ0n) is 48.1. The summed E-state index contributed by atoms with van der Waals surface area (Å²) in [6, 6.07) is 27.2. The van der Waals surface area contributed by atoms with Gasteiger partial charge in [-0.05, 0) is 205 Å². The molecule has 1 aromatic heterocycles. The van der Waals surface area contributed by atoms with Crippen molar-refractivity contribution in [3.63, 3.8) is 0 Å². The molecule has 0 amide bonds. The van der Waals surface area contributed by atoms with E-state index in [1.54, 1.807) is 0 Å². The highest BCUT2D eigenvalue weighted by molar-refractivity contribution is 7.26. The van der Waals surface area contributed by atoms with Gasteiger partial charge in [-0.15, -0.1) is 11.3 Å². The number of thiophene rings is 1. The molecule has 4 heteroatoms. The summed E-state index contributed by atoms with van der Waals surface area (Å²) in [5.41, 5.74) is 20.6. The Bertz CT molecular complexity index is 3530. The number of rotatable bonds is 3. The second-order valence-corrected chi connectivity index (χ2v) is 26.6. The van der Waals surface area contributed by atoms with Crippen molar-refractivity contribution in [3.8, 4) is 11.1 Å². The zero-order chi connectivity index (χ0) is 52.2. The van der Waals surface area contributed by atoms with E-state index in [-0.39, 0.29) is 75.0 Å². The van der Waals surface area contributed by atoms with Gasteiger partial charge in [-0.3, -0.25) is 0 Å². The smallest absolute Gasteiger partial charge is 0.254 e. The molecule has 0 N–H and O–H groups in total. The van der Waals surface area contributed by atoms with Crippen molar-refractivity contribution in [3.05, 3.63) is 148 Å². The van der Waals surface area contributed by atoms with E-state index < -0.39 is 0 Å². The lowest BCUT2D eigenvalue weighted by molar-refractivity contribution is 0.188. The van der Waals surface area contributed by atoms with E-state index in [1.165, 1.54) is 90.5 Å². The Hall–Kier alpha value is -5.06. The van der Waals surface area contributed by atoms with Gasteiger partial charge in [0, 0.05) is 27.4 Å². The van der Waals surface area contributed by atoms with Crippen LogP contribution in [-0.4, -0.2) is 6.71 Å². The van der Waals surface area contributed by atoms with Crippen LogP contribution in [0.5, 0.6) is 0 Å². The van der Waals surface area contributed by atoms with Gasteiger partial charge in [0.05, 0.1) is 17.5 Å². The summed E-state index contributed by atoms with van der Waals surface area (Å²) in [6.45, 7) is 32.7.